The molecule has 6 heteroatoms. The van der Waals surface area contributed by atoms with E-state index in [1.54, 1.807) is 62.4 Å². The summed E-state index contributed by atoms with van der Waals surface area (Å²) in [4.78, 5) is 36.1. The molecule has 0 unspecified atom stereocenters. The van der Waals surface area contributed by atoms with Gasteiger partial charge in [0.25, 0.3) is 0 Å². The average molecular weight is 339 g/mol. The molecule has 2 aromatic carbocycles. The predicted molar refractivity (Wildman–Crippen MR) is 98.2 cm³/mol. The number of hydrogen-bond donors (Lipinski definition) is 3. The molecule has 2 rings (SSSR count). The maximum Gasteiger partial charge on any atom is 0.239 e. The second kappa shape index (κ2) is 7.61. The van der Waals surface area contributed by atoms with Crippen molar-refractivity contribution in [1.82, 2.24) is 0 Å². The topological polar surface area (TPSA) is 87.3 Å². The lowest BCUT2D eigenvalue weighted by atomic mass is 9.90. The summed E-state index contributed by atoms with van der Waals surface area (Å²) in [5.74, 6) is -1.05. The summed E-state index contributed by atoms with van der Waals surface area (Å²) in [5, 5.41) is 8.08. The maximum atomic E-state index is 12.5. The van der Waals surface area contributed by atoms with Gasteiger partial charge in [-0.05, 0) is 44.2 Å². The zero-order valence-corrected chi connectivity index (χ0v) is 14.4. The lowest BCUT2D eigenvalue weighted by Crippen LogP contribution is -2.41. The van der Waals surface area contributed by atoms with Crippen LogP contribution in [0.1, 0.15) is 20.8 Å². The summed E-state index contributed by atoms with van der Waals surface area (Å²) >= 11 is 0. The van der Waals surface area contributed by atoms with Crippen molar-refractivity contribution in [3.8, 4) is 0 Å². The van der Waals surface area contributed by atoms with Crippen molar-refractivity contribution in [2.45, 2.75) is 20.8 Å². The van der Waals surface area contributed by atoms with E-state index in [0.717, 1.165) is 0 Å². The molecule has 2 aromatic rings. The summed E-state index contributed by atoms with van der Waals surface area (Å²) in [7, 11) is 0. The molecule has 130 valence electrons. The third kappa shape index (κ3) is 4.91. The lowest BCUT2D eigenvalue weighted by Gasteiger charge is -2.23. The Morgan fingerprint density at radius 1 is 0.720 bits per heavy atom. The molecule has 0 saturated heterocycles. The number of rotatable bonds is 5. The molecule has 0 spiro atoms. The highest BCUT2D eigenvalue weighted by Crippen LogP contribution is 2.23. The average Bonchev–Trinajstić information content (AvgIpc) is 2.55. The van der Waals surface area contributed by atoms with Gasteiger partial charge in [0.15, 0.2) is 0 Å². The van der Waals surface area contributed by atoms with E-state index in [4.69, 9.17) is 0 Å². The van der Waals surface area contributed by atoms with Crippen molar-refractivity contribution in [3.63, 3.8) is 0 Å². The van der Waals surface area contributed by atoms with E-state index < -0.39 is 17.2 Å². The number of para-hydroxylation sites is 1. The van der Waals surface area contributed by atoms with Crippen molar-refractivity contribution in [2.24, 2.45) is 5.41 Å². The van der Waals surface area contributed by atoms with E-state index in [1.165, 1.54) is 6.92 Å². The molecule has 0 heterocycles. The largest absolute Gasteiger partial charge is 0.326 e. The first-order valence-electron chi connectivity index (χ1n) is 7.84. The highest BCUT2D eigenvalue weighted by atomic mass is 16.2. The van der Waals surface area contributed by atoms with Crippen LogP contribution >= 0.6 is 0 Å². The molecule has 0 fully saturated rings. The zero-order chi connectivity index (χ0) is 18.4. The lowest BCUT2D eigenvalue weighted by molar-refractivity contribution is -0.135. The first-order valence-corrected chi connectivity index (χ1v) is 7.84. The van der Waals surface area contributed by atoms with Crippen LogP contribution in [0.4, 0.5) is 17.1 Å². The number of amides is 3. The number of carbonyl (C=O) groups is 3. The first-order chi connectivity index (χ1) is 11.8. The first kappa shape index (κ1) is 18.2. The van der Waals surface area contributed by atoms with Gasteiger partial charge in [0.2, 0.25) is 17.7 Å². The number of anilines is 3. The van der Waals surface area contributed by atoms with Crippen LogP contribution in [0, 0.1) is 5.41 Å². The minimum atomic E-state index is -1.28. The number of benzene rings is 2. The van der Waals surface area contributed by atoms with Crippen molar-refractivity contribution in [1.29, 1.82) is 0 Å². The molecule has 6 nitrogen and oxygen atoms in total. The SMILES string of the molecule is CC(=O)Nc1cccc(NC(=O)C(C)(C)C(=O)Nc2ccccc2)c1. The fraction of sp³-hybridized carbons (Fsp3) is 0.211. The highest BCUT2D eigenvalue weighted by Gasteiger charge is 2.36. The normalized spacial score (nSPS) is 10.7. The molecule has 0 radical (unpaired) electrons. The number of hydrogen-bond acceptors (Lipinski definition) is 3. The zero-order valence-electron chi connectivity index (χ0n) is 14.4. The third-order valence-electron chi connectivity index (χ3n) is 3.61. The molecule has 0 aromatic heterocycles. The van der Waals surface area contributed by atoms with Crippen LogP contribution in [0.2, 0.25) is 0 Å². The van der Waals surface area contributed by atoms with Crippen LogP contribution in [0.25, 0.3) is 0 Å². The van der Waals surface area contributed by atoms with Gasteiger partial charge >= 0.3 is 0 Å². The molecule has 3 amide bonds. The Hall–Kier alpha value is -3.15. The van der Waals surface area contributed by atoms with Crippen molar-refractivity contribution < 1.29 is 14.4 Å². The van der Waals surface area contributed by atoms with Gasteiger partial charge in [0, 0.05) is 24.0 Å². The van der Waals surface area contributed by atoms with Crippen molar-refractivity contribution in [2.75, 3.05) is 16.0 Å². The van der Waals surface area contributed by atoms with Gasteiger partial charge < -0.3 is 16.0 Å². The Kier molecular flexibility index (Phi) is 5.54. The fourth-order valence-electron chi connectivity index (χ4n) is 2.08. The molecule has 0 atom stereocenters. The van der Waals surface area contributed by atoms with Crippen molar-refractivity contribution in [3.05, 3.63) is 54.6 Å². The number of nitrogens with one attached hydrogen (secondary N) is 3. The Morgan fingerprint density at radius 3 is 1.76 bits per heavy atom. The Labute approximate surface area is 146 Å². The standard InChI is InChI=1S/C19H21N3O3/c1-13(23)20-15-10-7-11-16(12-15)22-18(25)19(2,3)17(24)21-14-8-5-4-6-9-14/h4-12H,1-3H3,(H,20,23)(H,21,24)(H,22,25). The third-order valence-corrected chi connectivity index (χ3v) is 3.61. The molecule has 0 saturated carbocycles. The highest BCUT2D eigenvalue weighted by molar-refractivity contribution is 6.14. The Morgan fingerprint density at radius 2 is 1.20 bits per heavy atom. The molecule has 0 bridgehead atoms. The molecular formula is C19H21N3O3. The number of carbonyl (C=O) groups excluding carboxylic acids is 3. The van der Waals surface area contributed by atoms with Gasteiger partial charge in [0.05, 0.1) is 0 Å². The van der Waals surface area contributed by atoms with Crippen LogP contribution < -0.4 is 16.0 Å². The van der Waals surface area contributed by atoms with Gasteiger partial charge in [-0.25, -0.2) is 0 Å². The maximum absolute atomic E-state index is 12.5. The molecule has 0 aliphatic carbocycles. The van der Waals surface area contributed by atoms with E-state index in [9.17, 15) is 14.4 Å². The van der Waals surface area contributed by atoms with E-state index in [1.807, 2.05) is 6.07 Å². The van der Waals surface area contributed by atoms with Crippen LogP contribution in [0.15, 0.2) is 54.6 Å². The second-order valence-corrected chi connectivity index (χ2v) is 6.16. The fourth-order valence-corrected chi connectivity index (χ4v) is 2.08. The quantitative estimate of drug-likeness (QED) is 0.731. The monoisotopic (exact) mass is 339 g/mol. The van der Waals surface area contributed by atoms with Crippen LogP contribution in [0.5, 0.6) is 0 Å². The van der Waals surface area contributed by atoms with Gasteiger partial charge in [-0.15, -0.1) is 0 Å². The summed E-state index contributed by atoms with van der Waals surface area (Å²) < 4.78 is 0. The smallest absolute Gasteiger partial charge is 0.239 e. The van der Waals surface area contributed by atoms with Crippen LogP contribution in [0.3, 0.4) is 0 Å². The Balaban J connectivity index is 2.08. The van der Waals surface area contributed by atoms with Crippen molar-refractivity contribution >= 4 is 34.8 Å². The summed E-state index contributed by atoms with van der Waals surface area (Å²) in [6.45, 7) is 4.51. The predicted octanol–water partition coefficient (Wildman–Crippen LogP) is 3.25. The molecule has 0 aliphatic heterocycles. The van der Waals surface area contributed by atoms with Gasteiger partial charge in [-0.1, -0.05) is 24.3 Å². The minimum absolute atomic E-state index is 0.203. The van der Waals surface area contributed by atoms with Gasteiger partial charge in [-0.2, -0.15) is 0 Å². The van der Waals surface area contributed by atoms with Crippen LogP contribution in [-0.2, 0) is 14.4 Å². The summed E-state index contributed by atoms with van der Waals surface area (Å²) in [6, 6.07) is 15.7. The Bertz CT molecular complexity index is 786. The molecule has 3 N–H and O–H groups in total. The molecule has 0 aliphatic rings. The van der Waals surface area contributed by atoms with Crippen LogP contribution in [-0.4, -0.2) is 17.7 Å². The van der Waals surface area contributed by atoms with Gasteiger partial charge in [-0.3, -0.25) is 14.4 Å². The van der Waals surface area contributed by atoms with E-state index in [2.05, 4.69) is 16.0 Å². The molecule has 25 heavy (non-hydrogen) atoms. The van der Waals surface area contributed by atoms with E-state index in [-0.39, 0.29) is 5.91 Å². The minimum Gasteiger partial charge on any atom is -0.326 e. The van der Waals surface area contributed by atoms with Gasteiger partial charge in [0.1, 0.15) is 5.41 Å². The molecular weight excluding hydrogens is 318 g/mol. The second-order valence-electron chi connectivity index (χ2n) is 6.16. The van der Waals surface area contributed by atoms with E-state index in [0.29, 0.717) is 17.1 Å². The summed E-state index contributed by atoms with van der Waals surface area (Å²) in [6.07, 6.45) is 0. The summed E-state index contributed by atoms with van der Waals surface area (Å²) in [5.41, 5.74) is 0.412. The van der Waals surface area contributed by atoms with E-state index >= 15 is 0 Å².